The molecule has 2 aromatic carbocycles. The molecule has 0 aromatic heterocycles. The van der Waals surface area contributed by atoms with Crippen LogP contribution in [0.25, 0.3) is 0 Å². The first kappa shape index (κ1) is 32.0. The minimum atomic E-state index is -0.322. The molecule has 0 fully saturated rings. The Balaban J connectivity index is 2.99. The summed E-state index contributed by atoms with van der Waals surface area (Å²) in [6, 6.07) is 8.77. The van der Waals surface area contributed by atoms with Crippen molar-refractivity contribution in [2.24, 2.45) is 0 Å². The van der Waals surface area contributed by atoms with Gasteiger partial charge in [0.1, 0.15) is 11.5 Å². The summed E-state index contributed by atoms with van der Waals surface area (Å²) in [5.74, 6) is 0.619. The number of allylic oxidation sites excluding steroid dienone is 2. The summed E-state index contributed by atoms with van der Waals surface area (Å²) in [7, 11) is 0. The second-order valence-corrected chi connectivity index (χ2v) is 14.9. The number of phenolic OH excluding ortho intramolecular Hbond substituents is 2. The standard InChI is InChI=1S/C36H56O2/c1-14-16-17-19-36(12,13)30-23-25(34(6,7)8)21-28(32(30)38)26(18-15-2)27-20-24(33(3,4)5)22-29(31(27)37)35(9,10)11/h17,19-23,26,37-38H,14-16,18H2,1-13H3. The molecular weight excluding hydrogens is 464 g/mol. The van der Waals surface area contributed by atoms with Crippen molar-refractivity contribution in [2.75, 3.05) is 0 Å². The van der Waals surface area contributed by atoms with Crippen LogP contribution in [0.4, 0.5) is 0 Å². The van der Waals surface area contributed by atoms with Gasteiger partial charge in [0.15, 0.2) is 0 Å². The first-order valence-corrected chi connectivity index (χ1v) is 14.7. The predicted octanol–water partition coefficient (Wildman–Crippen LogP) is 10.6. The van der Waals surface area contributed by atoms with Gasteiger partial charge in [-0.05, 0) is 45.8 Å². The lowest BCUT2D eigenvalue weighted by atomic mass is 9.73. The second kappa shape index (κ2) is 11.5. The Labute approximate surface area is 234 Å². The Morgan fingerprint density at radius 3 is 1.47 bits per heavy atom. The third kappa shape index (κ3) is 7.25. The molecule has 0 aliphatic carbocycles. The van der Waals surface area contributed by atoms with Crippen LogP contribution in [0.5, 0.6) is 11.5 Å². The molecule has 0 saturated carbocycles. The molecule has 38 heavy (non-hydrogen) atoms. The smallest absolute Gasteiger partial charge is 0.123 e. The van der Waals surface area contributed by atoms with Gasteiger partial charge in [0, 0.05) is 28.0 Å². The second-order valence-electron chi connectivity index (χ2n) is 14.9. The molecule has 0 heterocycles. The molecular formula is C36H56O2. The molecule has 1 atom stereocenters. The van der Waals surface area contributed by atoms with Crippen LogP contribution >= 0.6 is 0 Å². The molecule has 2 N–H and O–H groups in total. The third-order valence-corrected chi connectivity index (χ3v) is 7.83. The minimum absolute atomic E-state index is 0.0637. The molecule has 0 amide bonds. The van der Waals surface area contributed by atoms with Crippen molar-refractivity contribution in [2.45, 2.75) is 143 Å². The minimum Gasteiger partial charge on any atom is -0.507 e. The largest absolute Gasteiger partial charge is 0.507 e. The van der Waals surface area contributed by atoms with Crippen LogP contribution in [-0.4, -0.2) is 10.2 Å². The zero-order chi connectivity index (χ0) is 29.3. The average molecular weight is 521 g/mol. The van der Waals surface area contributed by atoms with Gasteiger partial charge in [0.25, 0.3) is 0 Å². The van der Waals surface area contributed by atoms with E-state index in [2.05, 4.69) is 126 Å². The van der Waals surface area contributed by atoms with E-state index in [-0.39, 0.29) is 27.6 Å². The number of unbranched alkanes of at least 4 members (excludes halogenated alkanes) is 1. The van der Waals surface area contributed by atoms with Gasteiger partial charge < -0.3 is 10.2 Å². The van der Waals surface area contributed by atoms with Crippen molar-refractivity contribution in [3.05, 3.63) is 69.8 Å². The van der Waals surface area contributed by atoms with Gasteiger partial charge in [-0.25, -0.2) is 0 Å². The summed E-state index contributed by atoms with van der Waals surface area (Å²) in [6.07, 6.45) is 8.40. The lowest BCUT2D eigenvalue weighted by Crippen LogP contribution is -2.21. The van der Waals surface area contributed by atoms with Crippen LogP contribution in [0.3, 0.4) is 0 Å². The monoisotopic (exact) mass is 520 g/mol. The Kier molecular flexibility index (Phi) is 9.67. The molecule has 0 radical (unpaired) electrons. The van der Waals surface area contributed by atoms with E-state index in [9.17, 15) is 10.2 Å². The highest BCUT2D eigenvalue weighted by Gasteiger charge is 2.33. The molecule has 0 aliphatic heterocycles. The summed E-state index contributed by atoms with van der Waals surface area (Å²) in [4.78, 5) is 0. The fourth-order valence-corrected chi connectivity index (χ4v) is 5.18. The van der Waals surface area contributed by atoms with Gasteiger partial charge in [-0.3, -0.25) is 0 Å². The van der Waals surface area contributed by atoms with Gasteiger partial charge in [0.2, 0.25) is 0 Å². The maximum absolute atomic E-state index is 12.0. The maximum Gasteiger partial charge on any atom is 0.123 e. The van der Waals surface area contributed by atoms with Crippen LogP contribution in [0.2, 0.25) is 0 Å². The maximum atomic E-state index is 12.0. The van der Waals surface area contributed by atoms with Crippen LogP contribution < -0.4 is 0 Å². The van der Waals surface area contributed by atoms with Crippen LogP contribution in [0.15, 0.2) is 36.4 Å². The fourth-order valence-electron chi connectivity index (χ4n) is 5.18. The highest BCUT2D eigenvalue weighted by molar-refractivity contribution is 5.58. The highest BCUT2D eigenvalue weighted by atomic mass is 16.3. The van der Waals surface area contributed by atoms with Crippen molar-refractivity contribution in [3.8, 4) is 11.5 Å². The molecule has 2 nitrogen and oxygen atoms in total. The first-order valence-electron chi connectivity index (χ1n) is 14.7. The Morgan fingerprint density at radius 2 is 1.08 bits per heavy atom. The first-order chi connectivity index (χ1) is 17.3. The lowest BCUT2D eigenvalue weighted by Gasteiger charge is -2.32. The fraction of sp³-hybridized carbons (Fsp3) is 0.611. The Bertz CT molecular complexity index is 1130. The van der Waals surface area contributed by atoms with Gasteiger partial charge in [0.05, 0.1) is 0 Å². The zero-order valence-electron chi connectivity index (χ0n) is 26.8. The molecule has 2 heteroatoms. The van der Waals surface area contributed by atoms with Crippen LogP contribution in [0.1, 0.15) is 155 Å². The Morgan fingerprint density at radius 1 is 0.632 bits per heavy atom. The predicted molar refractivity (Wildman–Crippen MR) is 166 cm³/mol. The van der Waals surface area contributed by atoms with Gasteiger partial charge >= 0.3 is 0 Å². The average Bonchev–Trinajstić information content (AvgIpc) is 2.76. The Hall–Kier alpha value is -2.22. The van der Waals surface area contributed by atoms with Crippen molar-refractivity contribution < 1.29 is 10.2 Å². The topological polar surface area (TPSA) is 40.5 Å². The van der Waals surface area contributed by atoms with Crippen molar-refractivity contribution in [1.82, 2.24) is 0 Å². The summed E-state index contributed by atoms with van der Waals surface area (Å²) >= 11 is 0. The van der Waals surface area contributed by atoms with E-state index in [4.69, 9.17) is 0 Å². The molecule has 2 aromatic rings. The van der Waals surface area contributed by atoms with E-state index in [0.29, 0.717) is 11.5 Å². The lowest BCUT2D eigenvalue weighted by molar-refractivity contribution is 0.425. The number of benzene rings is 2. The molecule has 0 saturated heterocycles. The summed E-state index contributed by atoms with van der Waals surface area (Å²) in [5.41, 5.74) is 5.53. The highest BCUT2D eigenvalue weighted by Crippen LogP contribution is 2.48. The van der Waals surface area contributed by atoms with Crippen molar-refractivity contribution in [1.29, 1.82) is 0 Å². The third-order valence-electron chi connectivity index (χ3n) is 7.83. The van der Waals surface area contributed by atoms with Crippen LogP contribution in [-0.2, 0) is 21.7 Å². The molecule has 0 bridgehead atoms. The molecule has 0 spiro atoms. The van der Waals surface area contributed by atoms with E-state index in [1.54, 1.807) is 0 Å². The zero-order valence-corrected chi connectivity index (χ0v) is 26.8. The van der Waals surface area contributed by atoms with Gasteiger partial charge in [-0.1, -0.05) is 139 Å². The molecule has 0 aliphatic rings. The van der Waals surface area contributed by atoms with Crippen LogP contribution in [0, 0.1) is 0 Å². The molecule has 212 valence electrons. The molecule has 2 rings (SSSR count). The SMILES string of the molecule is CCCC=CC(C)(C)c1cc(C(C)(C)C)cc(C(CCC)c2cc(C(C)(C)C)cc(C(C)(C)C)c2O)c1O. The quantitative estimate of drug-likeness (QED) is 0.340. The van der Waals surface area contributed by atoms with E-state index >= 15 is 0 Å². The van der Waals surface area contributed by atoms with Gasteiger partial charge in [-0.15, -0.1) is 0 Å². The van der Waals surface area contributed by atoms with Crippen molar-refractivity contribution >= 4 is 0 Å². The summed E-state index contributed by atoms with van der Waals surface area (Å²) in [6.45, 7) is 28.6. The number of hydrogen-bond donors (Lipinski definition) is 2. The number of rotatable bonds is 8. The van der Waals surface area contributed by atoms with Gasteiger partial charge in [-0.2, -0.15) is 0 Å². The van der Waals surface area contributed by atoms with E-state index < -0.39 is 0 Å². The summed E-state index contributed by atoms with van der Waals surface area (Å²) in [5, 5.41) is 23.7. The molecule has 1 unspecified atom stereocenters. The van der Waals surface area contributed by atoms with Crippen molar-refractivity contribution in [3.63, 3.8) is 0 Å². The normalized spacial score (nSPS) is 14.3. The number of aromatic hydroxyl groups is 2. The number of phenols is 2. The van der Waals surface area contributed by atoms with E-state index in [1.165, 1.54) is 11.1 Å². The van der Waals surface area contributed by atoms with E-state index in [0.717, 1.165) is 47.9 Å². The number of hydrogen-bond acceptors (Lipinski definition) is 2. The summed E-state index contributed by atoms with van der Waals surface area (Å²) < 4.78 is 0. The van der Waals surface area contributed by atoms with E-state index in [1.807, 2.05) is 0 Å².